The fourth-order valence-corrected chi connectivity index (χ4v) is 12.4. The van der Waals surface area contributed by atoms with Crippen molar-refractivity contribution in [2.75, 3.05) is 4.90 Å². The number of fused-ring (bicyclic) bond motifs is 6. The van der Waals surface area contributed by atoms with E-state index in [-0.39, 0.29) is 0 Å². The van der Waals surface area contributed by atoms with Gasteiger partial charge in [0, 0.05) is 17.1 Å². The zero-order valence-electron chi connectivity index (χ0n) is 39.9. The maximum Gasteiger partial charge on any atom is 0.0714 e. The molecule has 1 nitrogen and oxygen atoms in total. The molecule has 0 aromatic heterocycles. The number of rotatable bonds is 9. The molecule has 0 amide bonds. The molecule has 0 saturated carbocycles. The number of aryl methyl sites for hydroxylation is 2. The van der Waals surface area contributed by atoms with Crippen LogP contribution in [-0.2, 0) is 10.8 Å². The van der Waals surface area contributed by atoms with Crippen LogP contribution in [0, 0.1) is 13.8 Å². The first kappa shape index (κ1) is 42.3. The lowest BCUT2D eigenvalue weighted by Gasteiger charge is -2.36. The second-order valence-corrected chi connectivity index (χ2v) is 19.4. The van der Waals surface area contributed by atoms with Gasteiger partial charge in [0.2, 0.25) is 0 Å². The summed E-state index contributed by atoms with van der Waals surface area (Å²) in [6, 6.07) is 102. The lowest BCUT2D eigenvalue weighted by molar-refractivity contribution is 0.767. The van der Waals surface area contributed by atoms with Crippen LogP contribution < -0.4 is 4.90 Å². The summed E-state index contributed by atoms with van der Waals surface area (Å²) in [4.78, 5) is 2.50. The van der Waals surface area contributed by atoms with Crippen molar-refractivity contribution >= 4 is 17.1 Å². The zero-order chi connectivity index (χ0) is 47.5. The average Bonchev–Trinajstić information content (AvgIpc) is 3.90. The Balaban J connectivity index is 1.05. The van der Waals surface area contributed by atoms with Crippen molar-refractivity contribution in [2.24, 2.45) is 0 Å². The molecule has 0 aliphatic heterocycles. The molecule has 0 N–H and O–H groups in total. The Hall–Kier alpha value is -8.78. The molecular weight excluding hydrogens is 855 g/mol. The highest BCUT2D eigenvalue weighted by Gasteiger charge is 2.48. The second-order valence-electron chi connectivity index (χ2n) is 19.4. The van der Waals surface area contributed by atoms with E-state index in [1.54, 1.807) is 0 Å². The summed E-state index contributed by atoms with van der Waals surface area (Å²) in [5.74, 6) is 0. The monoisotopic (exact) mass is 905 g/mol. The van der Waals surface area contributed by atoms with E-state index in [0.717, 1.165) is 22.6 Å². The summed E-state index contributed by atoms with van der Waals surface area (Å²) in [7, 11) is 0. The van der Waals surface area contributed by atoms with Gasteiger partial charge in [0.1, 0.15) is 0 Å². The third kappa shape index (κ3) is 6.68. The van der Waals surface area contributed by atoms with E-state index in [1.165, 1.54) is 94.6 Å². The van der Waals surface area contributed by atoms with E-state index < -0.39 is 10.8 Å². The topological polar surface area (TPSA) is 3.24 Å². The van der Waals surface area contributed by atoms with Crippen LogP contribution in [0.1, 0.15) is 55.6 Å². The van der Waals surface area contributed by atoms with Crippen LogP contribution in [-0.4, -0.2) is 0 Å². The second kappa shape index (κ2) is 17.0. The molecule has 0 fully saturated rings. The summed E-state index contributed by atoms with van der Waals surface area (Å²) in [6.45, 7) is 4.35. The lowest BCUT2D eigenvalue weighted by atomic mass is 9.67. The molecule has 336 valence electrons. The van der Waals surface area contributed by atoms with E-state index in [4.69, 9.17) is 0 Å². The molecule has 0 spiro atoms. The number of benzene rings is 11. The molecule has 11 aromatic rings. The maximum absolute atomic E-state index is 2.50. The van der Waals surface area contributed by atoms with E-state index in [1.807, 2.05) is 0 Å². The predicted octanol–water partition coefficient (Wildman–Crippen LogP) is 17.8. The van der Waals surface area contributed by atoms with Crippen LogP contribution in [0.5, 0.6) is 0 Å². The molecule has 0 bridgehead atoms. The Bertz CT molecular complexity index is 3480. The third-order valence-corrected chi connectivity index (χ3v) is 15.3. The largest absolute Gasteiger partial charge is 0.310 e. The summed E-state index contributed by atoms with van der Waals surface area (Å²) >= 11 is 0. The molecule has 0 radical (unpaired) electrons. The smallest absolute Gasteiger partial charge is 0.0714 e. The van der Waals surface area contributed by atoms with E-state index in [2.05, 4.69) is 292 Å². The van der Waals surface area contributed by atoms with Gasteiger partial charge in [0.15, 0.2) is 0 Å². The van der Waals surface area contributed by atoms with Crippen LogP contribution in [0.2, 0.25) is 0 Å². The highest BCUT2D eigenvalue weighted by Crippen LogP contribution is 2.59. The van der Waals surface area contributed by atoms with Gasteiger partial charge in [0.05, 0.1) is 10.8 Å². The summed E-state index contributed by atoms with van der Waals surface area (Å²) in [6.07, 6.45) is 0. The molecule has 11 aromatic carbocycles. The summed E-state index contributed by atoms with van der Waals surface area (Å²) in [5, 5.41) is 0. The van der Waals surface area contributed by atoms with Gasteiger partial charge in [-0.25, -0.2) is 0 Å². The van der Waals surface area contributed by atoms with Crippen LogP contribution in [0.3, 0.4) is 0 Å². The Kier molecular flexibility index (Phi) is 10.1. The third-order valence-electron chi connectivity index (χ3n) is 15.3. The maximum atomic E-state index is 2.50. The minimum Gasteiger partial charge on any atom is -0.310 e. The van der Waals surface area contributed by atoms with Gasteiger partial charge in [-0.2, -0.15) is 0 Å². The molecular formula is C70H51N. The van der Waals surface area contributed by atoms with Crippen molar-refractivity contribution in [3.63, 3.8) is 0 Å². The molecule has 2 aliphatic rings. The Labute approximate surface area is 417 Å². The minimum absolute atomic E-state index is 0.551. The number of anilines is 3. The highest BCUT2D eigenvalue weighted by molar-refractivity contribution is 5.93. The molecule has 13 rings (SSSR count). The van der Waals surface area contributed by atoms with Crippen molar-refractivity contribution in [1.82, 2.24) is 0 Å². The summed E-state index contributed by atoms with van der Waals surface area (Å²) < 4.78 is 0. The molecule has 0 heterocycles. The van der Waals surface area contributed by atoms with Crippen molar-refractivity contribution in [3.05, 3.63) is 329 Å². The van der Waals surface area contributed by atoms with E-state index >= 15 is 0 Å². The zero-order valence-corrected chi connectivity index (χ0v) is 39.9. The number of hydrogen-bond donors (Lipinski definition) is 0. The number of nitrogens with zero attached hydrogens (tertiary/aromatic N) is 1. The summed E-state index contributed by atoms with van der Waals surface area (Å²) in [5.41, 5.74) is 24.7. The van der Waals surface area contributed by atoms with E-state index in [9.17, 15) is 0 Å². The van der Waals surface area contributed by atoms with Gasteiger partial charge in [-0.1, -0.05) is 248 Å². The minimum atomic E-state index is -0.551. The first-order chi connectivity index (χ1) is 35.0. The van der Waals surface area contributed by atoms with Crippen molar-refractivity contribution in [3.8, 4) is 44.5 Å². The predicted molar refractivity (Wildman–Crippen MR) is 296 cm³/mol. The van der Waals surface area contributed by atoms with Crippen LogP contribution in [0.4, 0.5) is 17.1 Å². The van der Waals surface area contributed by atoms with Crippen molar-refractivity contribution in [2.45, 2.75) is 24.7 Å². The molecule has 0 unspecified atom stereocenters. The molecule has 2 aliphatic carbocycles. The van der Waals surface area contributed by atoms with Crippen LogP contribution in [0.25, 0.3) is 44.5 Å². The van der Waals surface area contributed by atoms with Gasteiger partial charge in [0.25, 0.3) is 0 Å². The highest BCUT2D eigenvalue weighted by atomic mass is 15.1. The normalized spacial score (nSPS) is 13.4. The fraction of sp³-hybridized carbons (Fsp3) is 0.0571. The average molecular weight is 906 g/mol. The van der Waals surface area contributed by atoms with Gasteiger partial charge in [-0.15, -0.1) is 0 Å². The first-order valence-corrected chi connectivity index (χ1v) is 24.8. The van der Waals surface area contributed by atoms with Crippen LogP contribution in [0.15, 0.2) is 273 Å². The SMILES string of the molecule is Cc1cc(C)cc(-c2ccc(-c3cccc(N(c4ccc5c(c4)C(c4ccccc4)(c4ccccc4)c4ccccc4-5)c4ccc5c(c4)C(c4ccccc4)(c4ccccc4)c4ccccc4-5)c3)cc2)c1. The molecule has 1 heteroatoms. The lowest BCUT2D eigenvalue weighted by Crippen LogP contribution is -2.29. The Morgan fingerprint density at radius 2 is 0.606 bits per heavy atom. The number of hydrogen-bond acceptors (Lipinski definition) is 1. The standard InChI is InChI=1S/C70H51N/c1-48-42-49(2)44-53(43-48)51-36-34-50(35-37-51)52-20-19-29-58(45-52)71(59-38-40-63-61-30-15-17-32-65(61)69(67(63)46-59,54-21-7-3-8-22-54)55-23-9-4-10-24-55)60-39-41-64-62-31-16-18-33-66(62)70(68(64)47-60,56-25-11-5-12-26-56)57-27-13-6-14-28-57/h3-47H,1-2H3. The fourth-order valence-electron chi connectivity index (χ4n) is 12.4. The van der Waals surface area contributed by atoms with E-state index in [0.29, 0.717) is 0 Å². The Morgan fingerprint density at radius 3 is 1.04 bits per heavy atom. The van der Waals surface area contributed by atoms with Crippen molar-refractivity contribution in [1.29, 1.82) is 0 Å². The Morgan fingerprint density at radius 1 is 0.239 bits per heavy atom. The van der Waals surface area contributed by atoms with Gasteiger partial charge in [-0.05, 0) is 139 Å². The quantitative estimate of drug-likeness (QED) is 0.139. The van der Waals surface area contributed by atoms with Gasteiger partial charge < -0.3 is 4.90 Å². The molecule has 0 atom stereocenters. The molecule has 0 saturated heterocycles. The molecule has 71 heavy (non-hydrogen) atoms. The van der Waals surface area contributed by atoms with Gasteiger partial charge >= 0.3 is 0 Å². The van der Waals surface area contributed by atoms with Crippen LogP contribution >= 0.6 is 0 Å². The first-order valence-electron chi connectivity index (χ1n) is 24.8. The van der Waals surface area contributed by atoms with Crippen molar-refractivity contribution < 1.29 is 0 Å². The van der Waals surface area contributed by atoms with Gasteiger partial charge in [-0.3, -0.25) is 0 Å².